The van der Waals surface area contributed by atoms with Crippen molar-refractivity contribution in [2.45, 2.75) is 0 Å². The number of hydrogen-bond donors (Lipinski definition) is 0. The molecular formula is C78H52N2O. The molecule has 81 heavy (non-hydrogen) atoms. The van der Waals surface area contributed by atoms with Crippen molar-refractivity contribution in [2.24, 2.45) is 0 Å². The second-order valence-electron chi connectivity index (χ2n) is 20.9. The van der Waals surface area contributed by atoms with Crippen molar-refractivity contribution in [1.82, 2.24) is 4.57 Å². The van der Waals surface area contributed by atoms with Crippen LogP contribution in [0.4, 0.5) is 17.1 Å². The van der Waals surface area contributed by atoms with E-state index in [2.05, 4.69) is 313 Å². The van der Waals surface area contributed by atoms with Crippen LogP contribution in [0, 0.1) is 0 Å². The van der Waals surface area contributed by atoms with Crippen molar-refractivity contribution in [3.8, 4) is 83.6 Å². The van der Waals surface area contributed by atoms with Crippen LogP contribution in [0.1, 0.15) is 0 Å². The van der Waals surface area contributed by atoms with Crippen LogP contribution < -0.4 is 4.90 Å². The van der Waals surface area contributed by atoms with Crippen molar-refractivity contribution in [3.63, 3.8) is 0 Å². The Hall–Kier alpha value is -10.7. The van der Waals surface area contributed by atoms with Gasteiger partial charge in [-0.1, -0.05) is 243 Å². The first-order valence-electron chi connectivity index (χ1n) is 27.7. The molecule has 15 aromatic rings. The third-order valence-electron chi connectivity index (χ3n) is 16.1. The SMILES string of the molecule is c1ccc(-c2ccc(-c3ccc(N(c4ccc(-c5ccc(-c6ccccc6)cc5)cc4)c4ccc(-c5ccc(-n6c7ccccc7c7cc(-c8ccc(-c9cccc%10c9oc9ccccc9%10)cc8)ccc76)cc5)cc4)cc3)cc2)cc1. The van der Waals surface area contributed by atoms with Gasteiger partial charge in [-0.05, 0) is 145 Å². The van der Waals surface area contributed by atoms with E-state index >= 15 is 0 Å². The van der Waals surface area contributed by atoms with Gasteiger partial charge in [0.05, 0.1) is 11.0 Å². The molecule has 2 heterocycles. The van der Waals surface area contributed by atoms with Crippen molar-refractivity contribution < 1.29 is 4.42 Å². The molecule has 0 saturated heterocycles. The van der Waals surface area contributed by atoms with E-state index in [4.69, 9.17) is 4.42 Å². The van der Waals surface area contributed by atoms with Gasteiger partial charge in [-0.3, -0.25) is 0 Å². The second kappa shape index (κ2) is 20.2. The lowest BCUT2D eigenvalue weighted by molar-refractivity contribution is 0.670. The summed E-state index contributed by atoms with van der Waals surface area (Å²) in [4.78, 5) is 2.35. The number of hydrogen-bond acceptors (Lipinski definition) is 2. The first kappa shape index (κ1) is 47.5. The van der Waals surface area contributed by atoms with Gasteiger partial charge in [0.15, 0.2) is 0 Å². The molecule has 15 rings (SSSR count). The Morgan fingerprint density at radius 2 is 0.593 bits per heavy atom. The predicted molar refractivity (Wildman–Crippen MR) is 341 cm³/mol. The molecule has 380 valence electrons. The van der Waals surface area contributed by atoms with E-state index in [0.29, 0.717) is 0 Å². The second-order valence-corrected chi connectivity index (χ2v) is 20.9. The number of benzene rings is 13. The molecule has 0 aliphatic carbocycles. The fourth-order valence-electron chi connectivity index (χ4n) is 11.9. The largest absolute Gasteiger partial charge is 0.455 e. The maximum absolute atomic E-state index is 6.39. The molecule has 0 aliphatic heterocycles. The van der Waals surface area contributed by atoms with Crippen molar-refractivity contribution in [3.05, 3.63) is 315 Å². The van der Waals surface area contributed by atoms with Gasteiger partial charge < -0.3 is 13.9 Å². The van der Waals surface area contributed by atoms with Crippen LogP contribution in [0.2, 0.25) is 0 Å². The van der Waals surface area contributed by atoms with Crippen LogP contribution in [0.15, 0.2) is 320 Å². The smallest absolute Gasteiger partial charge is 0.143 e. The number of anilines is 3. The number of rotatable bonds is 11. The summed E-state index contributed by atoms with van der Waals surface area (Å²) in [5, 5.41) is 4.74. The van der Waals surface area contributed by atoms with Gasteiger partial charge in [0, 0.05) is 49.9 Å². The Morgan fingerprint density at radius 3 is 1.10 bits per heavy atom. The molecular weight excluding hydrogens is 981 g/mol. The lowest BCUT2D eigenvalue weighted by Crippen LogP contribution is -2.09. The summed E-state index contributed by atoms with van der Waals surface area (Å²) < 4.78 is 8.79. The van der Waals surface area contributed by atoms with Crippen LogP contribution in [0.3, 0.4) is 0 Å². The van der Waals surface area contributed by atoms with Crippen molar-refractivity contribution in [2.75, 3.05) is 4.90 Å². The molecule has 13 aromatic carbocycles. The monoisotopic (exact) mass is 1030 g/mol. The molecule has 0 amide bonds. The van der Waals surface area contributed by atoms with Gasteiger partial charge in [0.1, 0.15) is 11.2 Å². The number of aromatic nitrogens is 1. The fourth-order valence-corrected chi connectivity index (χ4v) is 11.9. The highest BCUT2D eigenvalue weighted by Gasteiger charge is 2.18. The normalized spacial score (nSPS) is 11.5. The summed E-state index contributed by atoms with van der Waals surface area (Å²) in [6, 6.07) is 114. The minimum atomic E-state index is 0.912. The average molecular weight is 1030 g/mol. The van der Waals surface area contributed by atoms with E-state index in [1.165, 1.54) is 77.4 Å². The zero-order valence-electron chi connectivity index (χ0n) is 44.3. The van der Waals surface area contributed by atoms with E-state index in [0.717, 1.165) is 66.9 Å². The number of fused-ring (bicyclic) bond motifs is 6. The van der Waals surface area contributed by atoms with Gasteiger partial charge in [-0.2, -0.15) is 0 Å². The Kier molecular flexibility index (Phi) is 11.9. The summed E-state index contributed by atoms with van der Waals surface area (Å²) in [7, 11) is 0. The van der Waals surface area contributed by atoms with Crippen LogP contribution in [0.25, 0.3) is 127 Å². The Morgan fingerprint density at radius 1 is 0.235 bits per heavy atom. The van der Waals surface area contributed by atoms with E-state index in [1.54, 1.807) is 0 Å². The molecule has 0 unspecified atom stereocenters. The minimum absolute atomic E-state index is 0.912. The molecule has 0 radical (unpaired) electrons. The summed E-state index contributed by atoms with van der Waals surface area (Å²) in [6.45, 7) is 0. The van der Waals surface area contributed by atoms with E-state index in [1.807, 2.05) is 12.1 Å². The van der Waals surface area contributed by atoms with Gasteiger partial charge in [-0.25, -0.2) is 0 Å². The van der Waals surface area contributed by atoms with Gasteiger partial charge in [-0.15, -0.1) is 0 Å². The number of nitrogens with zero attached hydrogens (tertiary/aromatic N) is 2. The van der Waals surface area contributed by atoms with Gasteiger partial charge >= 0.3 is 0 Å². The van der Waals surface area contributed by atoms with E-state index < -0.39 is 0 Å². The first-order chi connectivity index (χ1) is 40.1. The maximum Gasteiger partial charge on any atom is 0.143 e. The summed E-state index contributed by atoms with van der Waals surface area (Å²) >= 11 is 0. The highest BCUT2D eigenvalue weighted by molar-refractivity contribution is 6.11. The number of para-hydroxylation sites is 3. The van der Waals surface area contributed by atoms with Gasteiger partial charge in [0.25, 0.3) is 0 Å². The molecule has 0 bridgehead atoms. The predicted octanol–water partition coefficient (Wildman–Crippen LogP) is 21.8. The topological polar surface area (TPSA) is 21.3 Å². The molecule has 0 aliphatic rings. The van der Waals surface area contributed by atoms with Crippen molar-refractivity contribution >= 4 is 60.8 Å². The standard InChI is InChI=1S/C78H52N2O/c1-3-12-53(13-4-1)55-22-26-57(27-23-55)59-34-43-66(44-35-59)79(67-45-36-60(37-46-67)58-28-24-56(25-29-58)54-14-5-2-6-15-54)68-47-38-61(39-48-68)62-40-49-69(50-41-62)80-75-20-9-7-16-71(75)74-52-65(42-51-76(74)80)63-30-32-64(33-31-63)70-18-11-19-73-72-17-8-10-21-77(72)81-78(70)73/h1-52H. The van der Waals surface area contributed by atoms with Gasteiger partial charge in [0.2, 0.25) is 0 Å². The highest BCUT2D eigenvalue weighted by atomic mass is 16.3. The lowest BCUT2D eigenvalue weighted by atomic mass is 9.98. The van der Waals surface area contributed by atoms with Crippen molar-refractivity contribution in [1.29, 1.82) is 0 Å². The third-order valence-corrected chi connectivity index (χ3v) is 16.1. The Balaban J connectivity index is 0.716. The fraction of sp³-hybridized carbons (Fsp3) is 0. The average Bonchev–Trinajstić information content (AvgIpc) is 4.21. The zero-order chi connectivity index (χ0) is 53.6. The van der Waals surface area contributed by atoms with Crippen LogP contribution in [-0.2, 0) is 0 Å². The molecule has 2 aromatic heterocycles. The Bertz CT molecular complexity index is 4590. The minimum Gasteiger partial charge on any atom is -0.455 e. The third kappa shape index (κ3) is 8.84. The molecule has 0 spiro atoms. The summed E-state index contributed by atoms with van der Waals surface area (Å²) in [5.74, 6) is 0. The van der Waals surface area contributed by atoms with E-state index in [9.17, 15) is 0 Å². The maximum atomic E-state index is 6.39. The molecule has 0 N–H and O–H groups in total. The molecule has 3 heteroatoms. The number of furan rings is 1. The van der Waals surface area contributed by atoms with Crippen LogP contribution >= 0.6 is 0 Å². The zero-order valence-corrected chi connectivity index (χ0v) is 44.3. The van der Waals surface area contributed by atoms with Crippen LogP contribution in [-0.4, -0.2) is 4.57 Å². The Labute approximate surface area is 471 Å². The summed E-state index contributed by atoms with van der Waals surface area (Å²) in [5.41, 5.74) is 25.0. The molecule has 0 saturated carbocycles. The highest BCUT2D eigenvalue weighted by Crippen LogP contribution is 2.41. The van der Waals surface area contributed by atoms with E-state index in [-0.39, 0.29) is 0 Å². The summed E-state index contributed by atoms with van der Waals surface area (Å²) in [6.07, 6.45) is 0. The van der Waals surface area contributed by atoms with Crippen LogP contribution in [0.5, 0.6) is 0 Å². The quantitative estimate of drug-likeness (QED) is 0.129. The lowest BCUT2D eigenvalue weighted by Gasteiger charge is -2.26. The molecule has 0 fully saturated rings. The first-order valence-corrected chi connectivity index (χ1v) is 27.7. The molecule has 0 atom stereocenters. The molecule has 3 nitrogen and oxygen atoms in total.